The molecule has 44 heavy (non-hydrogen) atoms. The van der Waals surface area contributed by atoms with Crippen LogP contribution in [0.5, 0.6) is 11.5 Å². The van der Waals surface area contributed by atoms with Gasteiger partial charge in [0.1, 0.15) is 18.4 Å². The van der Waals surface area contributed by atoms with Crippen LogP contribution in [0, 0.1) is 5.82 Å². The van der Waals surface area contributed by atoms with E-state index in [4.69, 9.17) is 21.1 Å². The van der Waals surface area contributed by atoms with Crippen LogP contribution in [0.25, 0.3) is 0 Å². The second-order valence-corrected chi connectivity index (χ2v) is 12.9. The van der Waals surface area contributed by atoms with E-state index in [-0.39, 0.29) is 40.4 Å². The van der Waals surface area contributed by atoms with E-state index in [1.54, 1.807) is 13.0 Å². The van der Waals surface area contributed by atoms with E-state index in [2.05, 4.69) is 5.32 Å². The summed E-state index contributed by atoms with van der Waals surface area (Å²) in [5.74, 6) is -1.11. The molecule has 2 amide bonds. The molecule has 1 aliphatic carbocycles. The molecular weight excluding hydrogens is 609 g/mol. The Kier molecular flexibility index (Phi) is 11.1. The Morgan fingerprint density at radius 1 is 0.977 bits per heavy atom. The predicted molar refractivity (Wildman–Crippen MR) is 167 cm³/mol. The van der Waals surface area contributed by atoms with Gasteiger partial charge in [-0.05, 0) is 62.2 Å². The molecule has 3 aromatic rings. The third-order valence-corrected chi connectivity index (χ3v) is 9.78. The summed E-state index contributed by atoms with van der Waals surface area (Å²) in [4.78, 5) is 28.6. The molecule has 0 unspecified atom stereocenters. The van der Waals surface area contributed by atoms with Crippen LogP contribution in [0.15, 0.2) is 71.6 Å². The number of halogens is 2. The van der Waals surface area contributed by atoms with Crippen molar-refractivity contribution in [1.82, 2.24) is 10.2 Å². The average molecular weight is 646 g/mol. The number of methoxy groups -OCH3 is 2. The minimum Gasteiger partial charge on any atom is -0.493 e. The molecule has 1 atom stereocenters. The smallest absolute Gasteiger partial charge is 0.264 e. The van der Waals surface area contributed by atoms with Crippen molar-refractivity contribution in [2.75, 3.05) is 25.1 Å². The van der Waals surface area contributed by atoms with Crippen LogP contribution in [-0.2, 0) is 26.2 Å². The third-order valence-electron chi connectivity index (χ3n) is 7.75. The lowest BCUT2D eigenvalue weighted by atomic mass is 9.95. The lowest BCUT2D eigenvalue weighted by molar-refractivity contribution is -0.139. The largest absolute Gasteiger partial charge is 0.493 e. The van der Waals surface area contributed by atoms with E-state index < -0.39 is 34.3 Å². The summed E-state index contributed by atoms with van der Waals surface area (Å²) in [5, 5.41) is 3.40. The normalized spacial score (nSPS) is 14.4. The molecule has 1 aliphatic rings. The van der Waals surface area contributed by atoms with E-state index in [9.17, 15) is 22.4 Å². The van der Waals surface area contributed by atoms with Crippen LogP contribution < -0.4 is 19.1 Å². The standard InChI is InChI=1S/C32H37ClFN3O6S/c1-22(32(39)35-25-10-5-4-6-11-25)36(20-23-9-7-8-12-28(23)34)31(38)21-37(26-15-13-24(33)14-16-26)44(40,41)27-17-18-29(42-2)30(19-27)43-3/h7-9,12-19,22,25H,4-6,10-11,20-21H2,1-3H3,(H,35,39)/t22-/m1/s1. The molecule has 0 aromatic heterocycles. The summed E-state index contributed by atoms with van der Waals surface area (Å²) < 4.78 is 54.5. The number of ether oxygens (including phenoxy) is 2. The van der Waals surface area contributed by atoms with Gasteiger partial charge in [-0.25, -0.2) is 12.8 Å². The average Bonchev–Trinajstić information content (AvgIpc) is 3.03. The van der Waals surface area contributed by atoms with Gasteiger partial charge in [0.05, 0.1) is 24.8 Å². The Morgan fingerprint density at radius 2 is 1.64 bits per heavy atom. The number of carbonyl (C=O) groups excluding carboxylic acids is 2. The summed E-state index contributed by atoms with van der Waals surface area (Å²) in [6.45, 7) is 0.649. The van der Waals surface area contributed by atoms with E-state index in [1.807, 2.05) is 0 Å². The highest BCUT2D eigenvalue weighted by Gasteiger charge is 2.34. The van der Waals surface area contributed by atoms with Crippen molar-refractivity contribution in [3.63, 3.8) is 0 Å². The van der Waals surface area contributed by atoms with Gasteiger partial charge in [0, 0.05) is 29.2 Å². The zero-order valence-electron chi connectivity index (χ0n) is 25.0. The van der Waals surface area contributed by atoms with Gasteiger partial charge in [0.15, 0.2) is 11.5 Å². The molecule has 0 radical (unpaired) electrons. The van der Waals surface area contributed by atoms with Crippen molar-refractivity contribution in [3.8, 4) is 11.5 Å². The number of sulfonamides is 1. The summed E-state index contributed by atoms with van der Waals surface area (Å²) >= 11 is 6.08. The summed E-state index contributed by atoms with van der Waals surface area (Å²) in [6, 6.07) is 15.0. The lowest BCUT2D eigenvalue weighted by Gasteiger charge is -2.33. The molecule has 0 saturated heterocycles. The number of nitrogens with zero attached hydrogens (tertiary/aromatic N) is 2. The number of hydrogen-bond acceptors (Lipinski definition) is 6. The van der Waals surface area contributed by atoms with Gasteiger partial charge < -0.3 is 19.7 Å². The molecule has 0 aliphatic heterocycles. The number of amides is 2. The Bertz CT molecular complexity index is 1560. The molecule has 236 valence electrons. The number of nitrogens with one attached hydrogen (secondary N) is 1. The quantitative estimate of drug-likeness (QED) is 0.277. The fourth-order valence-corrected chi connectivity index (χ4v) is 6.76. The SMILES string of the molecule is COc1ccc(S(=O)(=O)N(CC(=O)N(Cc2ccccc2F)[C@H](C)C(=O)NC2CCCCC2)c2ccc(Cl)cc2)cc1OC. The van der Waals surface area contributed by atoms with Gasteiger partial charge in [-0.2, -0.15) is 0 Å². The molecule has 1 fully saturated rings. The summed E-state index contributed by atoms with van der Waals surface area (Å²) in [7, 11) is -1.56. The van der Waals surface area contributed by atoms with Crippen LogP contribution in [-0.4, -0.2) is 58.0 Å². The van der Waals surface area contributed by atoms with Gasteiger partial charge in [-0.1, -0.05) is 49.1 Å². The highest BCUT2D eigenvalue weighted by molar-refractivity contribution is 7.92. The first kappa shape index (κ1) is 33.1. The first-order chi connectivity index (χ1) is 21.0. The molecule has 0 heterocycles. The number of benzene rings is 3. The second kappa shape index (κ2) is 14.8. The van der Waals surface area contributed by atoms with Gasteiger partial charge in [-0.15, -0.1) is 0 Å². The highest BCUT2D eigenvalue weighted by atomic mass is 35.5. The maximum Gasteiger partial charge on any atom is 0.264 e. The highest BCUT2D eigenvalue weighted by Crippen LogP contribution is 2.33. The third kappa shape index (κ3) is 7.81. The van der Waals surface area contributed by atoms with Crippen molar-refractivity contribution in [2.24, 2.45) is 0 Å². The Morgan fingerprint density at radius 3 is 2.27 bits per heavy atom. The minimum atomic E-state index is -4.37. The first-order valence-corrected chi connectivity index (χ1v) is 16.2. The van der Waals surface area contributed by atoms with E-state index in [1.165, 1.54) is 79.8 Å². The first-order valence-electron chi connectivity index (χ1n) is 14.4. The number of rotatable bonds is 12. The van der Waals surface area contributed by atoms with Crippen LogP contribution in [0.2, 0.25) is 5.02 Å². The van der Waals surface area contributed by atoms with Gasteiger partial charge in [-0.3, -0.25) is 13.9 Å². The van der Waals surface area contributed by atoms with Gasteiger partial charge >= 0.3 is 0 Å². The molecule has 4 rings (SSSR count). The topological polar surface area (TPSA) is 105 Å². The fraction of sp³-hybridized carbons (Fsp3) is 0.375. The molecule has 9 nitrogen and oxygen atoms in total. The zero-order chi connectivity index (χ0) is 31.9. The summed E-state index contributed by atoms with van der Waals surface area (Å²) in [5.41, 5.74) is 0.363. The molecule has 0 spiro atoms. The number of hydrogen-bond donors (Lipinski definition) is 1. The fourth-order valence-electron chi connectivity index (χ4n) is 5.20. The van der Waals surface area contributed by atoms with Crippen LogP contribution in [0.3, 0.4) is 0 Å². The predicted octanol–water partition coefficient (Wildman–Crippen LogP) is 5.56. The number of carbonyl (C=O) groups is 2. The van der Waals surface area contributed by atoms with Crippen molar-refractivity contribution >= 4 is 39.1 Å². The van der Waals surface area contributed by atoms with E-state index in [0.717, 1.165) is 36.4 Å². The Labute approximate surface area is 262 Å². The molecule has 12 heteroatoms. The van der Waals surface area contributed by atoms with Gasteiger partial charge in [0.25, 0.3) is 10.0 Å². The van der Waals surface area contributed by atoms with Crippen molar-refractivity contribution < 1.29 is 31.9 Å². The molecular formula is C32H37ClFN3O6S. The maximum atomic E-state index is 14.8. The van der Waals surface area contributed by atoms with Crippen molar-refractivity contribution in [2.45, 2.75) is 62.6 Å². The van der Waals surface area contributed by atoms with Crippen molar-refractivity contribution in [1.29, 1.82) is 0 Å². The lowest BCUT2D eigenvalue weighted by Crippen LogP contribution is -2.53. The van der Waals surface area contributed by atoms with Gasteiger partial charge in [0.2, 0.25) is 11.8 Å². The molecule has 3 aromatic carbocycles. The van der Waals surface area contributed by atoms with Crippen LogP contribution in [0.4, 0.5) is 10.1 Å². The van der Waals surface area contributed by atoms with E-state index in [0.29, 0.717) is 10.8 Å². The minimum absolute atomic E-state index is 0.0138. The number of anilines is 1. The molecule has 0 bridgehead atoms. The van der Waals surface area contributed by atoms with Crippen LogP contribution in [0.1, 0.15) is 44.6 Å². The Balaban J connectivity index is 1.71. The second-order valence-electron chi connectivity index (χ2n) is 10.6. The molecule has 1 saturated carbocycles. The Hall–Kier alpha value is -3.83. The molecule has 1 N–H and O–H groups in total. The zero-order valence-corrected chi connectivity index (χ0v) is 26.5. The van der Waals surface area contributed by atoms with Crippen LogP contribution >= 0.6 is 11.6 Å². The monoisotopic (exact) mass is 645 g/mol. The maximum absolute atomic E-state index is 14.8. The van der Waals surface area contributed by atoms with E-state index >= 15 is 0 Å². The van der Waals surface area contributed by atoms with Crippen molar-refractivity contribution in [3.05, 3.63) is 83.1 Å². The summed E-state index contributed by atoms with van der Waals surface area (Å²) in [6.07, 6.45) is 4.79.